The summed E-state index contributed by atoms with van der Waals surface area (Å²) in [5, 5.41) is 4.52. The highest BCUT2D eigenvalue weighted by Crippen LogP contribution is 2.36. The first kappa shape index (κ1) is 8.53. The van der Waals surface area contributed by atoms with E-state index < -0.39 is 0 Å². The zero-order valence-electron chi connectivity index (χ0n) is 8.94. The molecular weight excluding hydrogens is 186 g/mol. The van der Waals surface area contributed by atoms with Crippen molar-refractivity contribution in [2.24, 2.45) is 7.05 Å². The molecule has 1 aliphatic heterocycles. The lowest BCUT2D eigenvalue weighted by Gasteiger charge is -2.26. The topological polar surface area (TPSA) is 21.1 Å². The van der Waals surface area contributed by atoms with Gasteiger partial charge in [-0.1, -0.05) is 18.2 Å². The lowest BCUT2D eigenvalue weighted by molar-refractivity contribution is 0.770. The highest BCUT2D eigenvalue weighted by molar-refractivity contribution is 5.80. The summed E-state index contributed by atoms with van der Waals surface area (Å²) in [6.07, 6.45) is 2.10. The quantitative estimate of drug-likeness (QED) is 0.647. The summed E-state index contributed by atoms with van der Waals surface area (Å²) in [4.78, 5) is 2.26. The monoisotopic (exact) mass is 199 g/mol. The summed E-state index contributed by atoms with van der Waals surface area (Å²) >= 11 is 0. The normalized spacial score (nSPS) is 13.6. The summed E-state index contributed by atoms with van der Waals surface area (Å²) < 4.78 is 1.89. The van der Waals surface area contributed by atoms with Crippen LogP contribution in [0, 0.1) is 0 Å². The van der Waals surface area contributed by atoms with E-state index in [-0.39, 0.29) is 0 Å². The minimum absolute atomic E-state index is 0.945. The highest BCUT2D eigenvalue weighted by Gasteiger charge is 2.21. The maximum atomic E-state index is 4.52. The van der Waals surface area contributed by atoms with Crippen LogP contribution in [0.25, 0.3) is 11.3 Å². The van der Waals surface area contributed by atoms with E-state index in [0.29, 0.717) is 0 Å². The van der Waals surface area contributed by atoms with Gasteiger partial charge >= 0.3 is 0 Å². The van der Waals surface area contributed by atoms with Gasteiger partial charge in [-0.2, -0.15) is 5.10 Å². The van der Waals surface area contributed by atoms with Gasteiger partial charge < -0.3 is 4.90 Å². The largest absolute Gasteiger partial charge is 0.370 e. The minimum atomic E-state index is 0.945. The number of para-hydroxylation sites is 1. The van der Waals surface area contributed by atoms with Crippen LogP contribution in [0.3, 0.4) is 0 Å². The van der Waals surface area contributed by atoms with Gasteiger partial charge in [-0.3, -0.25) is 4.68 Å². The van der Waals surface area contributed by atoms with Crippen LogP contribution < -0.4 is 4.90 Å². The lowest BCUT2D eigenvalue weighted by Crippen LogP contribution is -2.20. The molecule has 76 valence electrons. The second-order valence-corrected chi connectivity index (χ2v) is 4.05. The van der Waals surface area contributed by atoms with Gasteiger partial charge in [0.25, 0.3) is 0 Å². The van der Waals surface area contributed by atoms with Gasteiger partial charge in [-0.15, -0.1) is 0 Å². The molecule has 1 aromatic heterocycles. The lowest BCUT2D eigenvalue weighted by atomic mass is 10.0. The first-order chi connectivity index (χ1) is 7.25. The van der Waals surface area contributed by atoms with Crippen LogP contribution >= 0.6 is 0 Å². The van der Waals surface area contributed by atoms with Crippen molar-refractivity contribution in [2.75, 3.05) is 11.9 Å². The van der Waals surface area contributed by atoms with E-state index in [1.54, 1.807) is 0 Å². The van der Waals surface area contributed by atoms with Crippen molar-refractivity contribution in [3.63, 3.8) is 0 Å². The average Bonchev–Trinajstić information content (AvgIpc) is 2.59. The highest BCUT2D eigenvalue weighted by atomic mass is 15.3. The van der Waals surface area contributed by atoms with Gasteiger partial charge in [-0.25, -0.2) is 0 Å². The minimum Gasteiger partial charge on any atom is -0.370 e. The number of hydrogen-bond acceptors (Lipinski definition) is 2. The third kappa shape index (κ3) is 1.16. The Morgan fingerprint density at radius 3 is 2.87 bits per heavy atom. The Hall–Kier alpha value is -1.77. The van der Waals surface area contributed by atoms with Crippen LogP contribution in [0.1, 0.15) is 5.56 Å². The molecule has 1 aromatic carbocycles. The molecule has 0 fully saturated rings. The Bertz CT molecular complexity index is 513. The van der Waals surface area contributed by atoms with E-state index in [2.05, 4.69) is 47.5 Å². The molecule has 1 aliphatic rings. The van der Waals surface area contributed by atoms with E-state index in [1.165, 1.54) is 16.8 Å². The molecule has 0 bridgehead atoms. The summed E-state index contributed by atoms with van der Waals surface area (Å²) in [5.41, 5.74) is 4.94. The summed E-state index contributed by atoms with van der Waals surface area (Å²) in [7, 11) is 4.09. The van der Waals surface area contributed by atoms with Gasteiger partial charge in [0, 0.05) is 43.7 Å². The number of anilines is 1. The number of aromatic nitrogens is 2. The molecule has 3 nitrogen and oxygen atoms in total. The molecule has 3 rings (SSSR count). The second-order valence-electron chi connectivity index (χ2n) is 4.05. The molecule has 0 saturated carbocycles. The van der Waals surface area contributed by atoms with Crippen LogP contribution in [0.15, 0.2) is 30.5 Å². The molecule has 0 radical (unpaired) electrons. The number of nitrogens with zero attached hydrogens (tertiary/aromatic N) is 3. The standard InChI is InChI=1S/C12H13N3/c1-14-7-9-8-15(2)13-12(9)10-5-3-4-6-11(10)14/h3-6,8H,7H2,1-2H3. The fourth-order valence-electron chi connectivity index (χ4n) is 2.23. The Kier molecular flexibility index (Phi) is 1.63. The number of hydrogen-bond donors (Lipinski definition) is 0. The summed E-state index contributed by atoms with van der Waals surface area (Å²) in [6.45, 7) is 0.945. The Morgan fingerprint density at radius 2 is 2.00 bits per heavy atom. The van der Waals surface area contributed by atoms with Crippen molar-refractivity contribution in [3.05, 3.63) is 36.0 Å². The molecule has 2 heterocycles. The average molecular weight is 199 g/mol. The van der Waals surface area contributed by atoms with Gasteiger partial charge in [0.2, 0.25) is 0 Å². The van der Waals surface area contributed by atoms with E-state index in [0.717, 1.165) is 12.2 Å². The van der Waals surface area contributed by atoms with Crippen LogP contribution in [0.5, 0.6) is 0 Å². The number of benzene rings is 1. The molecule has 0 saturated heterocycles. The fourth-order valence-corrected chi connectivity index (χ4v) is 2.23. The molecule has 15 heavy (non-hydrogen) atoms. The van der Waals surface area contributed by atoms with Crippen molar-refractivity contribution >= 4 is 5.69 Å². The van der Waals surface area contributed by atoms with E-state index in [1.807, 2.05) is 11.7 Å². The van der Waals surface area contributed by atoms with Crippen LogP contribution in [0.4, 0.5) is 5.69 Å². The Balaban J connectivity index is 2.29. The zero-order valence-corrected chi connectivity index (χ0v) is 8.94. The van der Waals surface area contributed by atoms with E-state index in [9.17, 15) is 0 Å². The molecule has 0 N–H and O–H groups in total. The zero-order chi connectivity index (χ0) is 10.4. The fraction of sp³-hybridized carbons (Fsp3) is 0.250. The smallest absolute Gasteiger partial charge is 0.0993 e. The first-order valence-electron chi connectivity index (χ1n) is 5.09. The maximum Gasteiger partial charge on any atom is 0.0993 e. The maximum absolute atomic E-state index is 4.52. The second kappa shape index (κ2) is 2.86. The molecule has 0 unspecified atom stereocenters. The van der Waals surface area contributed by atoms with Gasteiger partial charge in [0.15, 0.2) is 0 Å². The van der Waals surface area contributed by atoms with E-state index >= 15 is 0 Å². The molecule has 0 aliphatic carbocycles. The summed E-state index contributed by atoms with van der Waals surface area (Å²) in [5.74, 6) is 0. The van der Waals surface area contributed by atoms with Crippen molar-refractivity contribution in [1.29, 1.82) is 0 Å². The van der Waals surface area contributed by atoms with Gasteiger partial charge in [0.05, 0.1) is 5.69 Å². The Labute approximate surface area is 88.9 Å². The Morgan fingerprint density at radius 1 is 1.20 bits per heavy atom. The molecule has 3 heteroatoms. The molecule has 2 aromatic rings. The summed E-state index contributed by atoms with van der Waals surface area (Å²) in [6, 6.07) is 8.42. The van der Waals surface area contributed by atoms with Crippen LogP contribution in [-0.2, 0) is 13.6 Å². The number of rotatable bonds is 0. The molecular formula is C12H13N3. The first-order valence-corrected chi connectivity index (χ1v) is 5.09. The number of aryl methyl sites for hydroxylation is 1. The third-order valence-corrected chi connectivity index (χ3v) is 2.88. The molecule has 0 atom stereocenters. The third-order valence-electron chi connectivity index (χ3n) is 2.88. The molecule has 0 spiro atoms. The van der Waals surface area contributed by atoms with Crippen LogP contribution in [0.2, 0.25) is 0 Å². The van der Waals surface area contributed by atoms with Crippen LogP contribution in [-0.4, -0.2) is 16.8 Å². The van der Waals surface area contributed by atoms with Crippen molar-refractivity contribution in [1.82, 2.24) is 9.78 Å². The van der Waals surface area contributed by atoms with Crippen molar-refractivity contribution < 1.29 is 0 Å². The number of fused-ring (bicyclic) bond motifs is 3. The van der Waals surface area contributed by atoms with Gasteiger partial charge in [-0.05, 0) is 6.07 Å². The predicted molar refractivity (Wildman–Crippen MR) is 60.8 cm³/mol. The SMILES string of the molecule is CN1Cc2cn(C)nc2-c2ccccc21. The van der Waals surface area contributed by atoms with E-state index in [4.69, 9.17) is 0 Å². The van der Waals surface area contributed by atoms with Crippen molar-refractivity contribution in [3.8, 4) is 11.3 Å². The van der Waals surface area contributed by atoms with Gasteiger partial charge in [0.1, 0.15) is 0 Å². The molecule has 0 amide bonds. The predicted octanol–water partition coefficient (Wildman–Crippen LogP) is 2.04. The van der Waals surface area contributed by atoms with Crippen molar-refractivity contribution in [2.45, 2.75) is 6.54 Å².